The molecule has 2 rings (SSSR count). The van der Waals surface area contributed by atoms with Crippen molar-refractivity contribution in [2.75, 3.05) is 13.2 Å². The maximum atomic E-state index is 14.9. The third-order valence-electron chi connectivity index (χ3n) is 13.4. The number of carbonyl (C=O) groups is 4. The number of carbonyl (C=O) groups excluding carboxylic acids is 4. The van der Waals surface area contributed by atoms with E-state index < -0.39 is 46.9 Å². The molecule has 10 nitrogen and oxygen atoms in total. The van der Waals surface area contributed by atoms with Crippen molar-refractivity contribution in [2.24, 2.45) is 10.8 Å². The molecule has 362 valence electrons. The van der Waals surface area contributed by atoms with Gasteiger partial charge in [-0.2, -0.15) is 0 Å². The molecule has 0 spiro atoms. The van der Waals surface area contributed by atoms with Crippen LogP contribution >= 0.6 is 0 Å². The second kappa shape index (κ2) is 26.7. The first-order chi connectivity index (χ1) is 29.0. The van der Waals surface area contributed by atoms with Crippen LogP contribution in [0.3, 0.4) is 0 Å². The predicted molar refractivity (Wildman–Crippen MR) is 252 cm³/mol. The summed E-state index contributed by atoms with van der Waals surface area (Å²) in [6.45, 7) is 23.6. The van der Waals surface area contributed by atoms with Gasteiger partial charge in [0.15, 0.2) is 10.8 Å². The lowest BCUT2D eigenvalue weighted by Crippen LogP contribution is -2.64. The minimum absolute atomic E-state index is 0.0573. The summed E-state index contributed by atoms with van der Waals surface area (Å²) in [5.74, 6) is -3.90. The monoisotopic (exact) mass is 877 g/mol. The van der Waals surface area contributed by atoms with Crippen molar-refractivity contribution in [1.29, 1.82) is 0 Å². The zero-order chi connectivity index (χ0) is 46.5. The highest BCUT2D eigenvalue weighted by Gasteiger charge is 2.69. The van der Waals surface area contributed by atoms with Crippen LogP contribution in [0, 0.1) is 10.8 Å². The summed E-state index contributed by atoms with van der Waals surface area (Å²) >= 11 is 0. The molecular formula is C52H96N2O8. The van der Waals surface area contributed by atoms with Crippen molar-refractivity contribution in [3.8, 4) is 0 Å². The van der Waals surface area contributed by atoms with Crippen LogP contribution in [0.2, 0.25) is 0 Å². The molecule has 62 heavy (non-hydrogen) atoms. The average Bonchev–Trinajstić information content (AvgIpc) is 3.15. The van der Waals surface area contributed by atoms with Crippen molar-refractivity contribution < 1.29 is 38.1 Å². The molecule has 0 saturated carbocycles. The molecule has 2 saturated heterocycles. The van der Waals surface area contributed by atoms with Crippen molar-refractivity contribution in [2.45, 2.75) is 284 Å². The Labute approximate surface area is 380 Å². The van der Waals surface area contributed by atoms with Crippen molar-refractivity contribution in [3.05, 3.63) is 0 Å². The standard InChI is InChI=1S/C52H96N2O8/c1-13-15-17-19-21-23-25-27-29-31-33-35-59-43(55)51(11,45(57)61-41-37-47(3,4)53-48(5,6)38-41)52(12,46(58)62-42-39-49(7,8)54-50(9,10)40-42)44(56)60-36-34-32-30-28-26-24-22-20-18-16-14-2/h41-42,53-54H,13-40H2,1-12H3. The fourth-order valence-electron chi connectivity index (χ4n) is 10.3. The van der Waals surface area contributed by atoms with Gasteiger partial charge in [-0.25, -0.2) is 0 Å². The van der Waals surface area contributed by atoms with E-state index in [0.717, 1.165) is 38.5 Å². The lowest BCUT2D eigenvalue weighted by atomic mass is 9.64. The van der Waals surface area contributed by atoms with Gasteiger partial charge in [0.2, 0.25) is 0 Å². The van der Waals surface area contributed by atoms with Crippen LogP contribution in [0.25, 0.3) is 0 Å². The second-order valence-corrected chi connectivity index (χ2v) is 22.2. The molecule has 0 aromatic carbocycles. The zero-order valence-corrected chi connectivity index (χ0v) is 42.2. The molecule has 0 aromatic rings. The third kappa shape index (κ3) is 19.1. The Morgan fingerprint density at radius 3 is 0.871 bits per heavy atom. The van der Waals surface area contributed by atoms with Gasteiger partial charge in [-0.3, -0.25) is 19.2 Å². The molecule has 2 N–H and O–H groups in total. The normalized spacial score (nSPS) is 20.4. The minimum Gasteiger partial charge on any atom is -0.465 e. The van der Waals surface area contributed by atoms with Crippen LogP contribution in [0.4, 0.5) is 0 Å². The summed E-state index contributed by atoms with van der Waals surface area (Å²) < 4.78 is 24.4. The topological polar surface area (TPSA) is 129 Å². The number of piperidine rings is 2. The van der Waals surface area contributed by atoms with Gasteiger partial charge < -0.3 is 29.6 Å². The smallest absolute Gasteiger partial charge is 0.325 e. The Balaban J connectivity index is 2.33. The predicted octanol–water partition coefficient (Wildman–Crippen LogP) is 12.4. The molecule has 0 radical (unpaired) electrons. The summed E-state index contributed by atoms with van der Waals surface area (Å²) in [4.78, 5) is 59.1. The van der Waals surface area contributed by atoms with Gasteiger partial charge in [0.25, 0.3) is 0 Å². The molecule has 2 unspecified atom stereocenters. The molecule has 0 aliphatic carbocycles. The van der Waals surface area contributed by atoms with Gasteiger partial charge >= 0.3 is 23.9 Å². The Morgan fingerprint density at radius 1 is 0.403 bits per heavy atom. The molecule has 10 heteroatoms. The fourth-order valence-corrected chi connectivity index (χ4v) is 10.3. The average molecular weight is 877 g/mol. The quantitative estimate of drug-likeness (QED) is 0.0300. The summed E-state index contributed by atoms with van der Waals surface area (Å²) in [6, 6.07) is 0. The Kier molecular flexibility index (Phi) is 24.1. The number of hydrogen-bond acceptors (Lipinski definition) is 10. The number of hydrogen-bond donors (Lipinski definition) is 2. The second-order valence-electron chi connectivity index (χ2n) is 22.2. The van der Waals surface area contributed by atoms with Gasteiger partial charge in [0.1, 0.15) is 12.2 Å². The Morgan fingerprint density at radius 2 is 0.629 bits per heavy atom. The van der Waals surface area contributed by atoms with Crippen LogP contribution in [0.5, 0.6) is 0 Å². The van der Waals surface area contributed by atoms with Crippen molar-refractivity contribution >= 4 is 23.9 Å². The number of ether oxygens (including phenoxy) is 4. The fraction of sp³-hybridized carbons (Fsp3) is 0.923. The van der Waals surface area contributed by atoms with Gasteiger partial charge in [-0.1, -0.05) is 142 Å². The summed E-state index contributed by atoms with van der Waals surface area (Å²) in [7, 11) is 0. The first-order valence-electron chi connectivity index (χ1n) is 25.4. The van der Waals surface area contributed by atoms with E-state index in [0.29, 0.717) is 38.5 Å². The SMILES string of the molecule is CCCCCCCCCCCCCOC(=O)C(C)(C(=O)OC1CC(C)(C)NC(C)(C)C1)C(C)(C(=O)OCCCCCCCCCCCCC)C(=O)OC1CC(C)(C)NC(C)(C)C1. The number of nitrogens with one attached hydrogen (secondary N) is 2. The minimum atomic E-state index is -2.40. The number of esters is 4. The molecule has 2 heterocycles. The summed E-state index contributed by atoms with van der Waals surface area (Å²) in [5.41, 5.74) is -6.28. The molecular weight excluding hydrogens is 781 g/mol. The van der Waals surface area contributed by atoms with E-state index in [1.54, 1.807) is 0 Å². The van der Waals surface area contributed by atoms with Crippen LogP contribution in [0.15, 0.2) is 0 Å². The first kappa shape index (κ1) is 55.9. The van der Waals surface area contributed by atoms with Gasteiger partial charge in [-0.05, 0) is 82.1 Å². The lowest BCUT2D eigenvalue weighted by Gasteiger charge is -2.48. The van der Waals surface area contributed by atoms with Crippen molar-refractivity contribution in [1.82, 2.24) is 10.6 Å². The van der Waals surface area contributed by atoms with E-state index >= 15 is 0 Å². The van der Waals surface area contributed by atoms with E-state index in [1.165, 1.54) is 104 Å². The van der Waals surface area contributed by atoms with E-state index in [-0.39, 0.29) is 35.4 Å². The highest BCUT2D eigenvalue weighted by Crippen LogP contribution is 2.46. The van der Waals surface area contributed by atoms with Crippen LogP contribution < -0.4 is 10.6 Å². The van der Waals surface area contributed by atoms with E-state index in [9.17, 15) is 19.2 Å². The molecule has 2 aliphatic rings. The lowest BCUT2D eigenvalue weighted by molar-refractivity contribution is -0.206. The number of unbranched alkanes of at least 4 members (excludes halogenated alkanes) is 20. The molecule has 0 aromatic heterocycles. The zero-order valence-electron chi connectivity index (χ0n) is 42.2. The summed E-state index contributed by atoms with van der Waals surface area (Å²) in [6.07, 6.45) is 25.7. The molecule has 0 bridgehead atoms. The number of rotatable bonds is 31. The van der Waals surface area contributed by atoms with E-state index in [1.807, 2.05) is 55.4 Å². The summed E-state index contributed by atoms with van der Waals surface area (Å²) in [5, 5.41) is 7.22. The van der Waals surface area contributed by atoms with Gasteiger partial charge in [0, 0.05) is 47.8 Å². The van der Waals surface area contributed by atoms with Gasteiger partial charge in [-0.15, -0.1) is 0 Å². The highest BCUT2D eigenvalue weighted by atomic mass is 16.6. The molecule has 2 atom stereocenters. The first-order valence-corrected chi connectivity index (χ1v) is 25.4. The molecule has 2 fully saturated rings. The maximum absolute atomic E-state index is 14.9. The maximum Gasteiger partial charge on any atom is 0.325 e. The molecule has 2 aliphatic heterocycles. The van der Waals surface area contributed by atoms with Crippen LogP contribution in [-0.2, 0) is 38.1 Å². The van der Waals surface area contributed by atoms with E-state index in [4.69, 9.17) is 18.9 Å². The Bertz CT molecular complexity index is 1210. The van der Waals surface area contributed by atoms with Crippen LogP contribution in [-0.4, -0.2) is 71.5 Å². The van der Waals surface area contributed by atoms with E-state index in [2.05, 4.69) is 24.5 Å². The van der Waals surface area contributed by atoms with Gasteiger partial charge in [0.05, 0.1) is 13.2 Å². The largest absolute Gasteiger partial charge is 0.465 e. The van der Waals surface area contributed by atoms with Crippen molar-refractivity contribution in [3.63, 3.8) is 0 Å². The van der Waals surface area contributed by atoms with Crippen LogP contribution in [0.1, 0.15) is 250 Å². The third-order valence-corrected chi connectivity index (χ3v) is 13.4. The Hall–Kier alpha value is -2.20. The molecule has 0 amide bonds. The highest BCUT2D eigenvalue weighted by molar-refractivity contribution is 6.14.